The second-order valence-electron chi connectivity index (χ2n) is 9.70. The van der Waals surface area contributed by atoms with Gasteiger partial charge in [0.25, 0.3) is 0 Å². The maximum atomic E-state index is 2.40. The lowest BCUT2D eigenvalue weighted by Crippen LogP contribution is -2.13. The molecule has 1 saturated carbocycles. The van der Waals surface area contributed by atoms with Crippen molar-refractivity contribution < 1.29 is 0 Å². The van der Waals surface area contributed by atoms with Crippen LogP contribution in [-0.4, -0.2) is 0 Å². The van der Waals surface area contributed by atoms with Crippen molar-refractivity contribution in [2.75, 3.05) is 0 Å². The van der Waals surface area contributed by atoms with E-state index in [1.165, 1.54) is 107 Å². The minimum atomic E-state index is 0.788. The van der Waals surface area contributed by atoms with Gasteiger partial charge in [-0.2, -0.15) is 0 Å². The van der Waals surface area contributed by atoms with Crippen molar-refractivity contribution in [3.63, 3.8) is 0 Å². The molecule has 0 atom stereocenters. The third-order valence-corrected chi connectivity index (χ3v) is 7.30. The van der Waals surface area contributed by atoms with Crippen LogP contribution in [0.2, 0.25) is 0 Å². The van der Waals surface area contributed by atoms with E-state index in [4.69, 9.17) is 0 Å². The molecule has 2 aromatic rings. The molecule has 0 heteroatoms. The summed E-state index contributed by atoms with van der Waals surface area (Å²) in [6, 6.07) is 18.8. The van der Waals surface area contributed by atoms with Crippen LogP contribution in [0.1, 0.15) is 114 Å². The predicted octanol–water partition coefficient (Wildman–Crippen LogP) is 9.72. The SMILES string of the molecule is CCCCCCCc1ccc(-c2ccc(C3CCC(CCCCC)CC3)cc2)cc1. The van der Waals surface area contributed by atoms with E-state index in [9.17, 15) is 0 Å². The van der Waals surface area contributed by atoms with E-state index >= 15 is 0 Å². The van der Waals surface area contributed by atoms with E-state index < -0.39 is 0 Å². The van der Waals surface area contributed by atoms with Gasteiger partial charge < -0.3 is 0 Å². The molecule has 0 N–H and O–H groups in total. The monoisotopic (exact) mass is 404 g/mol. The van der Waals surface area contributed by atoms with Crippen LogP contribution in [0.15, 0.2) is 48.5 Å². The van der Waals surface area contributed by atoms with Gasteiger partial charge in [-0.1, -0.05) is 114 Å². The van der Waals surface area contributed by atoms with Crippen LogP contribution in [0, 0.1) is 5.92 Å². The second kappa shape index (κ2) is 13.0. The van der Waals surface area contributed by atoms with Crippen LogP contribution in [0.3, 0.4) is 0 Å². The van der Waals surface area contributed by atoms with Crippen molar-refractivity contribution in [3.05, 3.63) is 59.7 Å². The summed E-state index contributed by atoms with van der Waals surface area (Å²) in [6.07, 6.45) is 19.4. The molecule has 30 heavy (non-hydrogen) atoms. The standard InChI is InChI=1S/C30H44/c1-3-5-7-8-10-12-26-15-19-28(20-16-26)30-23-21-29(22-24-30)27-17-13-25(14-18-27)11-9-6-4-2/h15-16,19-25,27H,3-14,17-18H2,1-2H3. The number of benzene rings is 2. The Balaban J connectivity index is 1.46. The molecule has 0 heterocycles. The Morgan fingerprint density at radius 3 is 1.80 bits per heavy atom. The van der Waals surface area contributed by atoms with Gasteiger partial charge >= 0.3 is 0 Å². The van der Waals surface area contributed by atoms with E-state index in [1.54, 1.807) is 5.56 Å². The van der Waals surface area contributed by atoms with E-state index in [2.05, 4.69) is 62.4 Å². The van der Waals surface area contributed by atoms with E-state index in [0.717, 1.165) is 11.8 Å². The average molecular weight is 405 g/mol. The minimum Gasteiger partial charge on any atom is -0.0654 e. The van der Waals surface area contributed by atoms with Gasteiger partial charge in [-0.25, -0.2) is 0 Å². The van der Waals surface area contributed by atoms with Gasteiger partial charge in [0, 0.05) is 0 Å². The molecule has 0 aromatic heterocycles. The molecule has 0 aliphatic heterocycles. The Morgan fingerprint density at radius 2 is 1.17 bits per heavy atom. The fraction of sp³-hybridized carbons (Fsp3) is 0.600. The lowest BCUT2D eigenvalue weighted by atomic mass is 9.77. The van der Waals surface area contributed by atoms with Gasteiger partial charge in [-0.15, -0.1) is 0 Å². The lowest BCUT2D eigenvalue weighted by molar-refractivity contribution is 0.303. The summed E-state index contributed by atoms with van der Waals surface area (Å²) in [5.74, 6) is 1.79. The third-order valence-electron chi connectivity index (χ3n) is 7.30. The normalized spacial score (nSPS) is 19.1. The topological polar surface area (TPSA) is 0 Å². The quantitative estimate of drug-likeness (QED) is 0.309. The smallest absolute Gasteiger partial charge is 0.0162 e. The Morgan fingerprint density at radius 1 is 0.600 bits per heavy atom. The molecule has 0 unspecified atom stereocenters. The zero-order valence-corrected chi connectivity index (χ0v) is 19.7. The van der Waals surface area contributed by atoms with Gasteiger partial charge in [-0.05, 0) is 72.6 Å². The molecule has 0 amide bonds. The lowest BCUT2D eigenvalue weighted by Gasteiger charge is -2.29. The highest BCUT2D eigenvalue weighted by molar-refractivity contribution is 5.64. The van der Waals surface area contributed by atoms with Gasteiger partial charge in [0.15, 0.2) is 0 Å². The maximum Gasteiger partial charge on any atom is -0.0162 e. The second-order valence-corrected chi connectivity index (χ2v) is 9.70. The molecule has 0 bridgehead atoms. The Hall–Kier alpha value is -1.56. The van der Waals surface area contributed by atoms with E-state index in [-0.39, 0.29) is 0 Å². The van der Waals surface area contributed by atoms with Gasteiger partial charge in [0.05, 0.1) is 0 Å². The number of aryl methyl sites for hydroxylation is 1. The van der Waals surface area contributed by atoms with Crippen molar-refractivity contribution in [2.24, 2.45) is 5.92 Å². The van der Waals surface area contributed by atoms with Crippen molar-refractivity contribution in [1.82, 2.24) is 0 Å². The first kappa shape index (κ1) is 23.1. The minimum absolute atomic E-state index is 0.788. The van der Waals surface area contributed by atoms with E-state index in [0.29, 0.717) is 0 Å². The summed E-state index contributed by atoms with van der Waals surface area (Å²) in [5.41, 5.74) is 5.77. The van der Waals surface area contributed by atoms with Crippen molar-refractivity contribution >= 4 is 0 Å². The highest BCUT2D eigenvalue weighted by atomic mass is 14.3. The van der Waals surface area contributed by atoms with Crippen LogP contribution < -0.4 is 0 Å². The van der Waals surface area contributed by atoms with Crippen molar-refractivity contribution in [2.45, 2.75) is 110 Å². The number of rotatable bonds is 12. The van der Waals surface area contributed by atoms with Gasteiger partial charge in [-0.3, -0.25) is 0 Å². The Labute approximate surface area is 186 Å². The molecule has 1 fully saturated rings. The van der Waals surface area contributed by atoms with E-state index in [1.807, 2.05) is 0 Å². The molecule has 0 radical (unpaired) electrons. The Bertz CT molecular complexity index is 686. The first-order valence-corrected chi connectivity index (χ1v) is 13.0. The van der Waals surface area contributed by atoms with Crippen molar-refractivity contribution in [1.29, 1.82) is 0 Å². The average Bonchev–Trinajstić information content (AvgIpc) is 2.80. The fourth-order valence-corrected chi connectivity index (χ4v) is 5.21. The zero-order valence-electron chi connectivity index (χ0n) is 19.7. The summed E-state index contributed by atoms with van der Waals surface area (Å²) in [7, 11) is 0. The van der Waals surface area contributed by atoms with Crippen molar-refractivity contribution in [3.8, 4) is 11.1 Å². The molecule has 1 aliphatic carbocycles. The van der Waals surface area contributed by atoms with Crippen LogP contribution in [-0.2, 0) is 6.42 Å². The zero-order chi connectivity index (χ0) is 21.0. The summed E-state index contributed by atoms with van der Waals surface area (Å²) < 4.78 is 0. The number of hydrogen-bond acceptors (Lipinski definition) is 0. The predicted molar refractivity (Wildman–Crippen MR) is 133 cm³/mol. The first-order chi connectivity index (χ1) is 14.8. The summed E-state index contributed by atoms with van der Waals surface area (Å²) in [6.45, 7) is 4.59. The Kier molecular flexibility index (Phi) is 10.0. The molecule has 1 aliphatic rings. The van der Waals surface area contributed by atoms with Crippen LogP contribution in [0.25, 0.3) is 11.1 Å². The van der Waals surface area contributed by atoms with Gasteiger partial charge in [0.2, 0.25) is 0 Å². The molecule has 164 valence electrons. The highest BCUT2D eigenvalue weighted by Crippen LogP contribution is 2.38. The summed E-state index contributed by atoms with van der Waals surface area (Å²) in [4.78, 5) is 0. The largest absolute Gasteiger partial charge is 0.0654 e. The highest BCUT2D eigenvalue weighted by Gasteiger charge is 2.22. The van der Waals surface area contributed by atoms with Gasteiger partial charge in [0.1, 0.15) is 0 Å². The molecule has 0 spiro atoms. The molecular weight excluding hydrogens is 360 g/mol. The van der Waals surface area contributed by atoms with Crippen LogP contribution >= 0.6 is 0 Å². The first-order valence-electron chi connectivity index (χ1n) is 13.0. The molecular formula is C30H44. The molecule has 0 nitrogen and oxygen atoms in total. The molecule has 3 rings (SSSR count). The molecule has 0 saturated heterocycles. The van der Waals surface area contributed by atoms with Crippen LogP contribution in [0.4, 0.5) is 0 Å². The summed E-state index contributed by atoms with van der Waals surface area (Å²) in [5, 5.41) is 0. The van der Waals surface area contributed by atoms with Crippen LogP contribution in [0.5, 0.6) is 0 Å². The molecule has 2 aromatic carbocycles. The number of unbranched alkanes of at least 4 members (excludes halogenated alkanes) is 6. The fourth-order valence-electron chi connectivity index (χ4n) is 5.21. The summed E-state index contributed by atoms with van der Waals surface area (Å²) >= 11 is 0. The maximum absolute atomic E-state index is 2.40. The third kappa shape index (κ3) is 7.29. The number of hydrogen-bond donors (Lipinski definition) is 0.